The number of esters is 1. The first-order valence-electron chi connectivity index (χ1n) is 10.5. The fourth-order valence-electron chi connectivity index (χ4n) is 4.15. The van der Waals surface area contributed by atoms with E-state index in [-0.39, 0.29) is 31.4 Å². The average molecular weight is 433 g/mol. The zero-order valence-corrected chi connectivity index (χ0v) is 18.6. The molecular formula is C23H29ClN2O4. The van der Waals surface area contributed by atoms with Crippen molar-refractivity contribution >= 4 is 29.4 Å². The number of carbonyl (C=O) groups excluding carboxylic acids is 3. The maximum Gasteiger partial charge on any atom is 0.336 e. The third kappa shape index (κ3) is 4.86. The van der Waals surface area contributed by atoms with E-state index in [1.54, 1.807) is 26.0 Å². The molecule has 0 aliphatic carbocycles. The van der Waals surface area contributed by atoms with Crippen LogP contribution in [-0.4, -0.2) is 53.8 Å². The highest BCUT2D eigenvalue weighted by molar-refractivity contribution is 6.30. The zero-order valence-electron chi connectivity index (χ0n) is 17.8. The second kappa shape index (κ2) is 9.65. The van der Waals surface area contributed by atoms with Crippen LogP contribution < -0.4 is 0 Å². The number of ether oxygens (including phenoxy) is 1. The zero-order chi connectivity index (χ0) is 21.8. The van der Waals surface area contributed by atoms with Gasteiger partial charge in [-0.15, -0.1) is 0 Å². The molecule has 0 radical (unpaired) electrons. The fourth-order valence-corrected chi connectivity index (χ4v) is 4.28. The Labute approximate surface area is 182 Å². The standard InChI is InChI=1S/C23H29ClN2O4/c1-4-30-23(29)22-16(3)26(14-21(28)25-11-9-15(2)10-12-25)20(27)13-19(22)17-5-7-18(24)8-6-17/h5-8,15,19H,4,9-14H2,1-3H3. The maximum absolute atomic E-state index is 13.0. The van der Waals surface area contributed by atoms with Gasteiger partial charge in [0.15, 0.2) is 0 Å². The summed E-state index contributed by atoms with van der Waals surface area (Å²) in [4.78, 5) is 41.9. The lowest BCUT2D eigenvalue weighted by atomic mass is 9.83. The summed E-state index contributed by atoms with van der Waals surface area (Å²) >= 11 is 6.00. The topological polar surface area (TPSA) is 66.9 Å². The number of hydrogen-bond acceptors (Lipinski definition) is 4. The quantitative estimate of drug-likeness (QED) is 0.664. The molecule has 1 aromatic carbocycles. The largest absolute Gasteiger partial charge is 0.463 e. The van der Waals surface area contributed by atoms with Crippen LogP contribution in [0.1, 0.15) is 51.5 Å². The number of halogens is 1. The Balaban J connectivity index is 1.89. The molecule has 1 unspecified atom stereocenters. The van der Waals surface area contributed by atoms with E-state index in [0.29, 0.717) is 35.3 Å². The second-order valence-electron chi connectivity index (χ2n) is 8.07. The minimum Gasteiger partial charge on any atom is -0.463 e. The Kier molecular flexibility index (Phi) is 7.19. The molecule has 2 aliphatic heterocycles. The molecule has 2 aliphatic rings. The van der Waals surface area contributed by atoms with E-state index < -0.39 is 11.9 Å². The van der Waals surface area contributed by atoms with Gasteiger partial charge in [0.2, 0.25) is 11.8 Å². The van der Waals surface area contributed by atoms with Crippen LogP contribution in [0.3, 0.4) is 0 Å². The second-order valence-corrected chi connectivity index (χ2v) is 8.51. The minimum absolute atomic E-state index is 0.0463. The third-order valence-electron chi connectivity index (χ3n) is 6.02. The molecule has 0 aromatic heterocycles. The number of allylic oxidation sites excluding steroid dienone is 1. The Morgan fingerprint density at radius 2 is 1.80 bits per heavy atom. The molecule has 1 fully saturated rings. The van der Waals surface area contributed by atoms with E-state index >= 15 is 0 Å². The van der Waals surface area contributed by atoms with Crippen LogP contribution in [0.5, 0.6) is 0 Å². The van der Waals surface area contributed by atoms with Crippen molar-refractivity contribution < 1.29 is 19.1 Å². The third-order valence-corrected chi connectivity index (χ3v) is 6.27. The smallest absolute Gasteiger partial charge is 0.336 e. The van der Waals surface area contributed by atoms with Gasteiger partial charge >= 0.3 is 5.97 Å². The van der Waals surface area contributed by atoms with Gasteiger partial charge in [0, 0.05) is 36.1 Å². The molecule has 2 amide bonds. The summed E-state index contributed by atoms with van der Waals surface area (Å²) < 4.78 is 5.29. The highest BCUT2D eigenvalue weighted by Gasteiger charge is 2.38. The molecule has 0 saturated carbocycles. The van der Waals surface area contributed by atoms with Crippen LogP contribution in [0.25, 0.3) is 0 Å². The first-order valence-corrected chi connectivity index (χ1v) is 10.9. The van der Waals surface area contributed by atoms with Crippen molar-refractivity contribution in [3.8, 4) is 0 Å². The molecule has 6 nitrogen and oxygen atoms in total. The van der Waals surface area contributed by atoms with Crippen molar-refractivity contribution in [2.75, 3.05) is 26.2 Å². The van der Waals surface area contributed by atoms with E-state index in [4.69, 9.17) is 16.3 Å². The summed E-state index contributed by atoms with van der Waals surface area (Å²) in [6.45, 7) is 7.27. The number of nitrogens with zero attached hydrogens (tertiary/aromatic N) is 2. The van der Waals surface area contributed by atoms with E-state index in [2.05, 4.69) is 6.92 Å². The Morgan fingerprint density at radius 3 is 2.40 bits per heavy atom. The molecule has 0 N–H and O–H groups in total. The summed E-state index contributed by atoms with van der Waals surface area (Å²) in [6, 6.07) is 7.13. The summed E-state index contributed by atoms with van der Waals surface area (Å²) in [5.74, 6) is -0.507. The van der Waals surface area contributed by atoms with E-state index in [0.717, 1.165) is 18.4 Å². The lowest BCUT2D eigenvalue weighted by Gasteiger charge is -2.36. The predicted molar refractivity (Wildman–Crippen MR) is 115 cm³/mol. The SMILES string of the molecule is CCOC(=O)C1=C(C)N(CC(=O)N2CCC(C)CC2)C(=O)CC1c1ccc(Cl)cc1. The number of benzene rings is 1. The Bertz CT molecular complexity index is 841. The first-order chi connectivity index (χ1) is 14.3. The monoisotopic (exact) mass is 432 g/mol. The highest BCUT2D eigenvalue weighted by Crippen LogP contribution is 2.37. The summed E-state index contributed by atoms with van der Waals surface area (Å²) in [5, 5.41) is 0.586. The molecule has 0 spiro atoms. The molecule has 2 heterocycles. The number of likely N-dealkylation sites (tertiary alicyclic amines) is 1. The van der Waals surface area contributed by atoms with Gasteiger partial charge in [0.05, 0.1) is 12.2 Å². The van der Waals surface area contributed by atoms with Gasteiger partial charge in [-0.1, -0.05) is 30.7 Å². The molecule has 1 saturated heterocycles. The summed E-state index contributed by atoms with van der Waals surface area (Å²) in [6.07, 6.45) is 2.06. The molecule has 7 heteroatoms. The van der Waals surface area contributed by atoms with Crippen LogP contribution in [0.2, 0.25) is 5.02 Å². The Hall–Kier alpha value is -2.34. The first kappa shape index (κ1) is 22.3. The normalized spacial score (nSPS) is 20.5. The van der Waals surface area contributed by atoms with Crippen molar-refractivity contribution in [2.45, 2.75) is 46.0 Å². The maximum atomic E-state index is 13.0. The van der Waals surface area contributed by atoms with Gasteiger partial charge < -0.3 is 14.5 Å². The van der Waals surface area contributed by atoms with Crippen molar-refractivity contribution in [1.29, 1.82) is 0 Å². The molecular weight excluding hydrogens is 404 g/mol. The van der Waals surface area contributed by atoms with Gasteiger partial charge in [-0.25, -0.2) is 4.79 Å². The Morgan fingerprint density at radius 1 is 1.17 bits per heavy atom. The van der Waals surface area contributed by atoms with E-state index in [1.165, 1.54) is 4.90 Å². The van der Waals surface area contributed by atoms with Crippen LogP contribution in [0.15, 0.2) is 35.5 Å². The molecule has 3 rings (SSSR count). The number of hydrogen-bond donors (Lipinski definition) is 0. The number of rotatable bonds is 5. The van der Waals surface area contributed by atoms with Crippen molar-refractivity contribution in [1.82, 2.24) is 9.80 Å². The molecule has 30 heavy (non-hydrogen) atoms. The fraction of sp³-hybridized carbons (Fsp3) is 0.522. The van der Waals surface area contributed by atoms with Gasteiger partial charge in [0.25, 0.3) is 0 Å². The van der Waals surface area contributed by atoms with Crippen molar-refractivity contribution in [2.24, 2.45) is 5.92 Å². The van der Waals surface area contributed by atoms with Gasteiger partial charge in [0.1, 0.15) is 6.54 Å². The lowest BCUT2D eigenvalue weighted by Crippen LogP contribution is -2.47. The van der Waals surface area contributed by atoms with Gasteiger partial charge in [-0.3, -0.25) is 9.59 Å². The predicted octanol–water partition coefficient (Wildman–Crippen LogP) is 3.75. The molecule has 0 bridgehead atoms. The molecule has 1 aromatic rings. The van der Waals surface area contributed by atoms with E-state index in [9.17, 15) is 14.4 Å². The van der Waals surface area contributed by atoms with Crippen LogP contribution >= 0.6 is 11.6 Å². The van der Waals surface area contributed by atoms with Crippen LogP contribution in [0.4, 0.5) is 0 Å². The molecule has 1 atom stereocenters. The lowest BCUT2D eigenvalue weighted by molar-refractivity contribution is -0.143. The minimum atomic E-state index is -0.452. The molecule has 162 valence electrons. The van der Waals surface area contributed by atoms with E-state index in [1.807, 2.05) is 17.0 Å². The van der Waals surface area contributed by atoms with Gasteiger partial charge in [-0.2, -0.15) is 0 Å². The summed E-state index contributed by atoms with van der Waals surface area (Å²) in [5.41, 5.74) is 1.74. The van der Waals surface area contributed by atoms with Gasteiger partial charge in [-0.05, 0) is 50.3 Å². The highest BCUT2D eigenvalue weighted by atomic mass is 35.5. The number of amides is 2. The van der Waals surface area contributed by atoms with Crippen molar-refractivity contribution in [3.05, 3.63) is 46.1 Å². The van der Waals surface area contributed by atoms with Crippen molar-refractivity contribution in [3.63, 3.8) is 0 Å². The average Bonchev–Trinajstić information content (AvgIpc) is 2.71. The van der Waals surface area contributed by atoms with Crippen LogP contribution in [-0.2, 0) is 19.1 Å². The number of piperidine rings is 1. The summed E-state index contributed by atoms with van der Waals surface area (Å²) in [7, 11) is 0. The number of carbonyl (C=O) groups is 3. The van der Waals surface area contributed by atoms with Crippen LogP contribution in [0, 0.1) is 5.92 Å².